The largest absolute Gasteiger partial charge is 0.497 e. The van der Waals surface area contributed by atoms with E-state index in [0.717, 1.165) is 0 Å². The van der Waals surface area contributed by atoms with Crippen molar-refractivity contribution in [2.24, 2.45) is 5.10 Å². The van der Waals surface area contributed by atoms with Crippen LogP contribution in [0.4, 0.5) is 5.69 Å². The molecule has 0 aromatic heterocycles. The third kappa shape index (κ3) is 5.41. The lowest BCUT2D eigenvalue weighted by Gasteiger charge is -2.05. The van der Waals surface area contributed by atoms with Gasteiger partial charge in [0.05, 0.1) is 24.8 Å². The molecule has 9 heteroatoms. The highest BCUT2D eigenvalue weighted by molar-refractivity contribution is 5.96. The lowest BCUT2D eigenvalue weighted by Crippen LogP contribution is -2.34. The molecule has 0 fully saturated rings. The van der Waals surface area contributed by atoms with Crippen molar-refractivity contribution in [3.8, 4) is 5.75 Å². The maximum Gasteiger partial charge on any atom is 0.269 e. The Labute approximate surface area is 148 Å². The highest BCUT2D eigenvalue weighted by atomic mass is 16.6. The number of carbonyl (C=O) groups is 2. The number of hydrogen-bond donors (Lipinski definition) is 2. The lowest BCUT2D eigenvalue weighted by molar-refractivity contribution is -0.384. The van der Waals surface area contributed by atoms with Crippen LogP contribution >= 0.6 is 0 Å². The van der Waals surface area contributed by atoms with Gasteiger partial charge in [0.15, 0.2) is 0 Å². The van der Waals surface area contributed by atoms with Gasteiger partial charge < -0.3 is 10.1 Å². The molecule has 0 aliphatic carbocycles. The van der Waals surface area contributed by atoms with Crippen molar-refractivity contribution in [1.29, 1.82) is 0 Å². The van der Waals surface area contributed by atoms with Crippen molar-refractivity contribution in [1.82, 2.24) is 10.7 Å². The Morgan fingerprint density at radius 2 is 1.81 bits per heavy atom. The second-order valence-corrected chi connectivity index (χ2v) is 5.05. The summed E-state index contributed by atoms with van der Waals surface area (Å²) in [5.41, 5.74) is 3.20. The van der Waals surface area contributed by atoms with Gasteiger partial charge in [0, 0.05) is 17.7 Å². The van der Waals surface area contributed by atoms with Gasteiger partial charge in [0.1, 0.15) is 5.75 Å². The molecule has 2 amide bonds. The van der Waals surface area contributed by atoms with Crippen molar-refractivity contribution in [2.45, 2.75) is 0 Å². The predicted molar refractivity (Wildman–Crippen MR) is 94.2 cm³/mol. The lowest BCUT2D eigenvalue weighted by atomic mass is 10.2. The third-order valence-electron chi connectivity index (χ3n) is 3.27. The molecule has 0 unspecified atom stereocenters. The highest BCUT2D eigenvalue weighted by Crippen LogP contribution is 2.11. The van der Waals surface area contributed by atoms with Gasteiger partial charge in [-0.3, -0.25) is 19.7 Å². The minimum Gasteiger partial charge on any atom is -0.497 e. The van der Waals surface area contributed by atoms with E-state index in [9.17, 15) is 19.7 Å². The third-order valence-corrected chi connectivity index (χ3v) is 3.27. The minimum atomic E-state index is -0.509. The fraction of sp³-hybridized carbons (Fsp3) is 0.118. The maximum absolute atomic E-state index is 11.9. The number of rotatable bonds is 7. The van der Waals surface area contributed by atoms with Gasteiger partial charge in [-0.25, -0.2) is 5.43 Å². The Kier molecular flexibility index (Phi) is 6.38. The molecule has 2 aromatic carbocycles. The number of nitro benzene ring substituents is 1. The van der Waals surface area contributed by atoms with E-state index in [2.05, 4.69) is 15.8 Å². The van der Waals surface area contributed by atoms with E-state index < -0.39 is 16.7 Å². The van der Waals surface area contributed by atoms with Crippen LogP contribution in [-0.4, -0.2) is 36.6 Å². The Bertz CT molecular complexity index is 816. The molecule has 26 heavy (non-hydrogen) atoms. The van der Waals surface area contributed by atoms with Gasteiger partial charge in [-0.1, -0.05) is 0 Å². The number of methoxy groups -OCH3 is 1. The number of non-ortho nitro benzene ring substituents is 1. The van der Waals surface area contributed by atoms with E-state index >= 15 is 0 Å². The first kappa shape index (κ1) is 18.6. The van der Waals surface area contributed by atoms with Crippen LogP contribution in [0.25, 0.3) is 0 Å². The number of amides is 2. The summed E-state index contributed by atoms with van der Waals surface area (Å²) in [6, 6.07) is 12.1. The highest BCUT2D eigenvalue weighted by Gasteiger charge is 2.07. The summed E-state index contributed by atoms with van der Waals surface area (Å²) in [6.45, 7) is -0.248. The van der Waals surface area contributed by atoms with Crippen molar-refractivity contribution in [2.75, 3.05) is 13.7 Å². The fourth-order valence-corrected chi connectivity index (χ4v) is 1.91. The first-order valence-electron chi connectivity index (χ1n) is 7.48. The van der Waals surface area contributed by atoms with Crippen LogP contribution in [0.1, 0.15) is 15.9 Å². The standard InChI is InChI=1S/C17H16N4O5/c1-26-15-8-4-13(5-9-15)17(23)18-11-16(22)20-19-10-12-2-6-14(7-3-12)21(24)25/h2-10H,11H2,1H3,(H,18,23)(H,20,22)/b19-10-. The summed E-state index contributed by atoms with van der Waals surface area (Å²) < 4.78 is 5.00. The van der Waals surface area contributed by atoms with E-state index in [4.69, 9.17) is 4.74 Å². The van der Waals surface area contributed by atoms with Gasteiger partial charge in [0.2, 0.25) is 0 Å². The summed E-state index contributed by atoms with van der Waals surface area (Å²) in [6.07, 6.45) is 1.34. The van der Waals surface area contributed by atoms with E-state index in [1.807, 2.05) is 0 Å². The SMILES string of the molecule is COc1ccc(C(=O)NCC(=O)N/N=C\c2ccc([N+](=O)[O-])cc2)cc1. The second kappa shape index (κ2) is 8.92. The quantitative estimate of drug-likeness (QED) is 0.442. The van der Waals surface area contributed by atoms with Gasteiger partial charge in [-0.15, -0.1) is 0 Å². The van der Waals surface area contributed by atoms with Crippen LogP contribution in [-0.2, 0) is 4.79 Å². The van der Waals surface area contributed by atoms with E-state index in [-0.39, 0.29) is 12.2 Å². The predicted octanol–water partition coefficient (Wildman–Crippen LogP) is 1.48. The molecular weight excluding hydrogens is 340 g/mol. The van der Waals surface area contributed by atoms with Crippen LogP contribution in [0, 0.1) is 10.1 Å². The Morgan fingerprint density at radius 1 is 1.15 bits per heavy atom. The normalized spacial score (nSPS) is 10.3. The first-order chi connectivity index (χ1) is 12.5. The van der Waals surface area contributed by atoms with Crippen molar-refractivity contribution in [3.05, 3.63) is 69.8 Å². The summed E-state index contributed by atoms with van der Waals surface area (Å²) in [5.74, 6) is -0.285. The molecular formula is C17H16N4O5. The second-order valence-electron chi connectivity index (χ2n) is 5.05. The zero-order chi connectivity index (χ0) is 18.9. The van der Waals surface area contributed by atoms with Gasteiger partial charge in [-0.2, -0.15) is 5.10 Å². The summed E-state index contributed by atoms with van der Waals surface area (Å²) >= 11 is 0. The molecule has 0 bridgehead atoms. The van der Waals surface area contributed by atoms with Gasteiger partial charge in [0.25, 0.3) is 17.5 Å². The van der Waals surface area contributed by atoms with Crippen molar-refractivity contribution < 1.29 is 19.2 Å². The molecule has 0 radical (unpaired) electrons. The van der Waals surface area contributed by atoms with E-state index in [1.165, 1.54) is 37.6 Å². The number of nitrogens with zero attached hydrogens (tertiary/aromatic N) is 2. The monoisotopic (exact) mass is 356 g/mol. The van der Waals surface area contributed by atoms with Crippen molar-refractivity contribution >= 4 is 23.7 Å². The number of benzene rings is 2. The number of nitrogens with one attached hydrogen (secondary N) is 2. The molecule has 0 spiro atoms. The molecule has 2 rings (SSSR count). The zero-order valence-electron chi connectivity index (χ0n) is 13.8. The molecule has 0 heterocycles. The van der Waals surface area contributed by atoms with Crippen LogP contribution in [0.15, 0.2) is 53.6 Å². The maximum atomic E-state index is 11.9. The van der Waals surface area contributed by atoms with Crippen LogP contribution in [0.5, 0.6) is 5.75 Å². The number of hydrogen-bond acceptors (Lipinski definition) is 6. The Balaban J connectivity index is 1.78. The summed E-state index contributed by atoms with van der Waals surface area (Å²) in [5, 5.41) is 16.7. The average molecular weight is 356 g/mol. The van der Waals surface area contributed by atoms with E-state index in [1.54, 1.807) is 24.3 Å². The van der Waals surface area contributed by atoms with Crippen molar-refractivity contribution in [3.63, 3.8) is 0 Å². The number of hydrazone groups is 1. The number of ether oxygens (including phenoxy) is 1. The van der Waals surface area contributed by atoms with Crippen LogP contribution < -0.4 is 15.5 Å². The van der Waals surface area contributed by atoms with Gasteiger partial charge >= 0.3 is 0 Å². The molecule has 0 atom stereocenters. The number of nitro groups is 1. The first-order valence-corrected chi connectivity index (χ1v) is 7.48. The average Bonchev–Trinajstić information content (AvgIpc) is 2.66. The molecule has 0 aliphatic rings. The van der Waals surface area contributed by atoms with E-state index in [0.29, 0.717) is 16.9 Å². The molecule has 0 aliphatic heterocycles. The molecule has 2 N–H and O–H groups in total. The molecule has 0 saturated heterocycles. The molecule has 9 nitrogen and oxygen atoms in total. The molecule has 2 aromatic rings. The minimum absolute atomic E-state index is 0.0348. The summed E-state index contributed by atoms with van der Waals surface area (Å²) in [4.78, 5) is 33.6. The molecule has 134 valence electrons. The Hall–Kier alpha value is -3.75. The van der Waals surface area contributed by atoms with Crippen LogP contribution in [0.3, 0.4) is 0 Å². The van der Waals surface area contributed by atoms with Gasteiger partial charge in [-0.05, 0) is 42.0 Å². The smallest absolute Gasteiger partial charge is 0.269 e. The topological polar surface area (TPSA) is 123 Å². The van der Waals surface area contributed by atoms with Crippen LogP contribution in [0.2, 0.25) is 0 Å². The molecule has 0 saturated carbocycles. The zero-order valence-corrected chi connectivity index (χ0v) is 13.8. The summed E-state index contributed by atoms with van der Waals surface area (Å²) in [7, 11) is 1.52. The fourth-order valence-electron chi connectivity index (χ4n) is 1.91. The Morgan fingerprint density at radius 3 is 2.38 bits per heavy atom. The number of carbonyl (C=O) groups excluding carboxylic acids is 2.